The Kier molecular flexibility index (Phi) is 4.20. The van der Waals surface area contributed by atoms with Gasteiger partial charge in [-0.15, -0.1) is 0 Å². The van der Waals surface area contributed by atoms with Crippen LogP contribution >= 0.6 is 0 Å². The monoisotopic (exact) mass is 313 g/mol. The molecule has 0 atom stereocenters. The summed E-state index contributed by atoms with van der Waals surface area (Å²) in [7, 11) is -3.23. The van der Waals surface area contributed by atoms with Crippen LogP contribution in [0, 0.1) is 13.8 Å². The van der Waals surface area contributed by atoms with E-state index in [0.29, 0.717) is 0 Å². The first-order chi connectivity index (χ1) is 9.70. The highest BCUT2D eigenvalue weighted by atomic mass is 32.2. The van der Waals surface area contributed by atoms with Crippen LogP contribution in [0.5, 0.6) is 0 Å². The van der Waals surface area contributed by atoms with Crippen molar-refractivity contribution in [2.75, 3.05) is 32.4 Å². The molecule has 21 heavy (non-hydrogen) atoms. The van der Waals surface area contributed by atoms with Crippen molar-refractivity contribution in [3.05, 3.63) is 33.2 Å². The van der Waals surface area contributed by atoms with Gasteiger partial charge in [0.2, 0.25) is 10.0 Å². The third-order valence-electron chi connectivity index (χ3n) is 3.72. The first-order valence-electron chi connectivity index (χ1n) is 6.65. The van der Waals surface area contributed by atoms with Crippen LogP contribution in [0.2, 0.25) is 0 Å². The summed E-state index contributed by atoms with van der Waals surface area (Å²) in [5.41, 5.74) is 1.27. The number of nitrogens with zero attached hydrogens (tertiary/aromatic N) is 2. The molecule has 7 nitrogen and oxygen atoms in total. The van der Waals surface area contributed by atoms with Crippen LogP contribution in [0.1, 0.15) is 21.6 Å². The largest absolute Gasteiger partial charge is 0.336 e. The molecule has 1 aliphatic rings. The Morgan fingerprint density at radius 2 is 1.76 bits per heavy atom. The van der Waals surface area contributed by atoms with Crippen LogP contribution in [-0.4, -0.2) is 60.9 Å². The number of aryl methyl sites for hydroxylation is 2. The molecular weight excluding hydrogens is 294 g/mol. The molecule has 0 spiro atoms. The average molecular weight is 313 g/mol. The predicted molar refractivity (Wildman–Crippen MR) is 78.9 cm³/mol. The molecule has 0 radical (unpaired) electrons. The number of piperazine rings is 1. The summed E-state index contributed by atoms with van der Waals surface area (Å²) in [6.07, 6.45) is 1.15. The zero-order valence-corrected chi connectivity index (χ0v) is 13.2. The second-order valence-corrected chi connectivity index (χ2v) is 7.26. The molecule has 1 fully saturated rings. The molecule has 0 bridgehead atoms. The number of nitrogens with one attached hydrogen (secondary N) is 1. The van der Waals surface area contributed by atoms with Gasteiger partial charge in [-0.2, -0.15) is 4.31 Å². The summed E-state index contributed by atoms with van der Waals surface area (Å²) in [6.45, 7) is 4.69. The fourth-order valence-corrected chi connectivity index (χ4v) is 3.11. The second-order valence-electron chi connectivity index (χ2n) is 5.27. The maximum absolute atomic E-state index is 12.4. The van der Waals surface area contributed by atoms with Gasteiger partial charge in [0.25, 0.3) is 11.5 Å². The molecule has 116 valence electrons. The minimum atomic E-state index is -3.23. The van der Waals surface area contributed by atoms with Crippen LogP contribution in [0.3, 0.4) is 0 Å². The number of hydrogen-bond acceptors (Lipinski definition) is 4. The Bertz CT molecular complexity index is 715. The van der Waals surface area contributed by atoms with E-state index >= 15 is 0 Å². The molecule has 2 heterocycles. The van der Waals surface area contributed by atoms with E-state index in [1.807, 2.05) is 6.92 Å². The van der Waals surface area contributed by atoms with Gasteiger partial charge in [0.15, 0.2) is 0 Å². The predicted octanol–water partition coefficient (Wildman–Crippen LogP) is -0.291. The van der Waals surface area contributed by atoms with Crippen molar-refractivity contribution in [3.8, 4) is 0 Å². The zero-order valence-electron chi connectivity index (χ0n) is 12.3. The van der Waals surface area contributed by atoms with E-state index in [-0.39, 0.29) is 37.6 Å². The highest BCUT2D eigenvalue weighted by molar-refractivity contribution is 7.88. The lowest BCUT2D eigenvalue weighted by Crippen LogP contribution is -2.51. The molecule has 1 saturated heterocycles. The number of aromatic nitrogens is 1. The van der Waals surface area contributed by atoms with Gasteiger partial charge in [0.1, 0.15) is 5.56 Å². The fraction of sp³-hybridized carbons (Fsp3) is 0.538. The molecule has 1 amide bonds. The Hall–Kier alpha value is -1.67. The van der Waals surface area contributed by atoms with Gasteiger partial charge >= 0.3 is 0 Å². The van der Waals surface area contributed by atoms with E-state index in [2.05, 4.69) is 4.98 Å². The molecule has 1 N–H and O–H groups in total. The first kappa shape index (κ1) is 15.7. The van der Waals surface area contributed by atoms with Crippen LogP contribution in [0.25, 0.3) is 0 Å². The summed E-state index contributed by atoms with van der Waals surface area (Å²) in [6, 6.07) is 1.58. The molecule has 1 aliphatic heterocycles. The second kappa shape index (κ2) is 5.61. The number of carbonyl (C=O) groups is 1. The van der Waals surface area contributed by atoms with E-state index < -0.39 is 15.6 Å². The third kappa shape index (κ3) is 3.33. The third-order valence-corrected chi connectivity index (χ3v) is 5.03. The lowest BCUT2D eigenvalue weighted by molar-refractivity contribution is 0.0696. The summed E-state index contributed by atoms with van der Waals surface area (Å²) in [5.74, 6) is -0.354. The Morgan fingerprint density at radius 1 is 1.19 bits per heavy atom. The number of amides is 1. The summed E-state index contributed by atoms with van der Waals surface area (Å²) < 4.78 is 24.2. The number of rotatable bonds is 2. The van der Waals surface area contributed by atoms with Crippen LogP contribution in [0.15, 0.2) is 10.9 Å². The van der Waals surface area contributed by atoms with E-state index in [1.165, 1.54) is 9.21 Å². The van der Waals surface area contributed by atoms with Crippen molar-refractivity contribution < 1.29 is 13.2 Å². The average Bonchev–Trinajstić information content (AvgIpc) is 2.41. The minimum Gasteiger partial charge on any atom is -0.336 e. The highest BCUT2D eigenvalue weighted by Crippen LogP contribution is 2.10. The van der Waals surface area contributed by atoms with Crippen LogP contribution in [0.4, 0.5) is 0 Å². The van der Waals surface area contributed by atoms with Gasteiger partial charge in [-0.05, 0) is 25.5 Å². The van der Waals surface area contributed by atoms with Crippen molar-refractivity contribution in [1.82, 2.24) is 14.2 Å². The van der Waals surface area contributed by atoms with Crippen molar-refractivity contribution in [1.29, 1.82) is 0 Å². The van der Waals surface area contributed by atoms with Crippen molar-refractivity contribution in [2.24, 2.45) is 0 Å². The summed E-state index contributed by atoms with van der Waals surface area (Å²) in [5, 5.41) is 0. The molecule has 8 heteroatoms. The molecule has 2 rings (SSSR count). The van der Waals surface area contributed by atoms with Gasteiger partial charge in [-0.3, -0.25) is 9.59 Å². The Balaban J connectivity index is 2.16. The SMILES string of the molecule is Cc1cc(C(=O)N2CCN(S(C)(=O)=O)CC2)c(=O)[nH]c1C. The van der Waals surface area contributed by atoms with E-state index in [9.17, 15) is 18.0 Å². The maximum Gasteiger partial charge on any atom is 0.261 e. The number of H-pyrrole nitrogens is 1. The van der Waals surface area contributed by atoms with Crippen molar-refractivity contribution in [3.63, 3.8) is 0 Å². The number of hydrogen-bond donors (Lipinski definition) is 1. The van der Waals surface area contributed by atoms with Gasteiger partial charge < -0.3 is 9.88 Å². The molecule has 0 aliphatic carbocycles. The molecule has 1 aromatic heterocycles. The van der Waals surface area contributed by atoms with Gasteiger partial charge in [-0.1, -0.05) is 0 Å². The molecular formula is C13H19N3O4S. The zero-order chi connectivity index (χ0) is 15.8. The summed E-state index contributed by atoms with van der Waals surface area (Å²) in [4.78, 5) is 28.4. The first-order valence-corrected chi connectivity index (χ1v) is 8.50. The van der Waals surface area contributed by atoms with Gasteiger partial charge in [-0.25, -0.2) is 8.42 Å². The maximum atomic E-state index is 12.4. The highest BCUT2D eigenvalue weighted by Gasteiger charge is 2.27. The van der Waals surface area contributed by atoms with Crippen molar-refractivity contribution in [2.45, 2.75) is 13.8 Å². The molecule has 1 aromatic rings. The van der Waals surface area contributed by atoms with Crippen LogP contribution < -0.4 is 5.56 Å². The minimum absolute atomic E-state index is 0.103. The van der Waals surface area contributed by atoms with Gasteiger partial charge in [0, 0.05) is 31.9 Å². The quantitative estimate of drug-likeness (QED) is 0.812. The molecule has 0 aromatic carbocycles. The summed E-state index contributed by atoms with van der Waals surface area (Å²) >= 11 is 0. The standard InChI is InChI=1S/C13H19N3O4S/c1-9-8-11(12(17)14-10(9)2)13(18)15-4-6-16(7-5-15)21(3,19)20/h8H,4-7H2,1-3H3,(H,14,17). The van der Waals surface area contributed by atoms with Gasteiger partial charge in [0.05, 0.1) is 6.26 Å². The Labute approximate surface area is 123 Å². The number of pyridine rings is 1. The normalized spacial score (nSPS) is 17.0. The van der Waals surface area contributed by atoms with Crippen LogP contribution in [-0.2, 0) is 10.0 Å². The lowest BCUT2D eigenvalue weighted by Gasteiger charge is -2.33. The van der Waals surface area contributed by atoms with E-state index in [4.69, 9.17) is 0 Å². The number of aromatic amines is 1. The number of sulfonamides is 1. The molecule has 0 saturated carbocycles. The molecule has 0 unspecified atom stereocenters. The Morgan fingerprint density at radius 3 is 2.29 bits per heavy atom. The van der Waals surface area contributed by atoms with E-state index in [0.717, 1.165) is 17.5 Å². The lowest BCUT2D eigenvalue weighted by atomic mass is 10.1. The van der Waals surface area contributed by atoms with E-state index in [1.54, 1.807) is 13.0 Å². The topological polar surface area (TPSA) is 90.6 Å². The van der Waals surface area contributed by atoms with Crippen molar-refractivity contribution >= 4 is 15.9 Å². The smallest absolute Gasteiger partial charge is 0.261 e. The number of carbonyl (C=O) groups excluding carboxylic acids is 1. The fourth-order valence-electron chi connectivity index (χ4n) is 2.28.